The van der Waals surface area contributed by atoms with Crippen LogP contribution in [0.2, 0.25) is 0 Å². The van der Waals surface area contributed by atoms with Crippen LogP contribution >= 0.6 is 0 Å². The van der Waals surface area contributed by atoms with Crippen LogP contribution in [-0.2, 0) is 11.3 Å². The zero-order valence-electron chi connectivity index (χ0n) is 14.0. The van der Waals surface area contributed by atoms with E-state index in [-0.39, 0.29) is 0 Å². The van der Waals surface area contributed by atoms with Crippen molar-refractivity contribution >= 4 is 11.8 Å². The third-order valence-electron chi connectivity index (χ3n) is 3.88. The molecule has 2 rings (SSSR count). The van der Waals surface area contributed by atoms with E-state index in [1.165, 1.54) is 0 Å². The van der Waals surface area contributed by atoms with Gasteiger partial charge in [0.15, 0.2) is 5.96 Å². The van der Waals surface area contributed by atoms with Crippen LogP contribution in [0.25, 0.3) is 0 Å². The predicted molar refractivity (Wildman–Crippen MR) is 90.3 cm³/mol. The molecule has 0 bridgehead atoms. The zero-order valence-corrected chi connectivity index (χ0v) is 14.0. The third kappa shape index (κ3) is 4.34. The molecule has 22 heavy (non-hydrogen) atoms. The van der Waals surface area contributed by atoms with Gasteiger partial charge in [-0.2, -0.15) is 0 Å². The Labute approximate surface area is 133 Å². The Morgan fingerprint density at radius 2 is 2.32 bits per heavy atom. The number of rotatable bonds is 5. The molecule has 1 fully saturated rings. The predicted octanol–water partition coefficient (Wildman–Crippen LogP) is 1.19. The van der Waals surface area contributed by atoms with Gasteiger partial charge in [0, 0.05) is 47.3 Å². The highest BCUT2D eigenvalue weighted by Crippen LogP contribution is 2.16. The number of nitrogens with one attached hydrogen (secondary N) is 1. The molecular formula is C16H27N5O. The number of hydrogen-bond donors (Lipinski definition) is 1. The van der Waals surface area contributed by atoms with E-state index in [0.717, 1.165) is 43.6 Å². The van der Waals surface area contributed by atoms with E-state index in [1.807, 2.05) is 44.2 Å². The lowest BCUT2D eigenvalue weighted by atomic mass is 10.1. The van der Waals surface area contributed by atoms with E-state index >= 15 is 0 Å². The Kier molecular flexibility index (Phi) is 6.00. The summed E-state index contributed by atoms with van der Waals surface area (Å²) in [5, 5.41) is 3.41. The van der Waals surface area contributed by atoms with Crippen LogP contribution in [0.5, 0.6) is 0 Å². The number of likely N-dealkylation sites (tertiary alicyclic amines) is 1. The van der Waals surface area contributed by atoms with Crippen LogP contribution in [0.15, 0.2) is 23.2 Å². The fraction of sp³-hybridized carbons (Fsp3) is 0.625. The summed E-state index contributed by atoms with van der Waals surface area (Å²) in [5.74, 6) is 2.50. The van der Waals surface area contributed by atoms with Gasteiger partial charge in [-0.15, -0.1) is 0 Å². The molecule has 0 amide bonds. The first-order chi connectivity index (χ1) is 10.6. The van der Waals surface area contributed by atoms with Gasteiger partial charge < -0.3 is 19.9 Å². The highest BCUT2D eigenvalue weighted by Gasteiger charge is 2.24. The molecule has 0 aromatic carbocycles. The molecule has 0 spiro atoms. The first-order valence-corrected chi connectivity index (χ1v) is 7.71. The van der Waals surface area contributed by atoms with Crippen molar-refractivity contribution in [3.8, 4) is 0 Å². The molecule has 1 aliphatic rings. The quantitative estimate of drug-likeness (QED) is 0.654. The second-order valence-electron chi connectivity index (χ2n) is 5.84. The Hall–Kier alpha value is -1.82. The molecule has 1 aliphatic heterocycles. The number of hydrogen-bond acceptors (Lipinski definition) is 4. The van der Waals surface area contributed by atoms with Crippen molar-refractivity contribution in [2.24, 2.45) is 10.9 Å². The monoisotopic (exact) mass is 305 g/mol. The number of anilines is 1. The van der Waals surface area contributed by atoms with Crippen molar-refractivity contribution in [1.82, 2.24) is 15.2 Å². The summed E-state index contributed by atoms with van der Waals surface area (Å²) in [6.45, 7) is 3.53. The standard InChI is InChI=1S/C16H27N5O/c1-17-16(21-9-8-13(11-21)12-22-4)18-10-14-6-5-7-15(19-14)20(2)3/h5-7,13H,8-12H2,1-4H3,(H,17,18). The molecular weight excluding hydrogens is 278 g/mol. The number of nitrogens with zero attached hydrogens (tertiary/aromatic N) is 4. The summed E-state index contributed by atoms with van der Waals surface area (Å²) in [7, 11) is 7.59. The highest BCUT2D eigenvalue weighted by atomic mass is 16.5. The fourth-order valence-electron chi connectivity index (χ4n) is 2.71. The molecule has 6 heteroatoms. The van der Waals surface area contributed by atoms with Gasteiger partial charge in [0.25, 0.3) is 0 Å². The first kappa shape index (κ1) is 16.5. The van der Waals surface area contributed by atoms with Gasteiger partial charge in [-0.3, -0.25) is 4.99 Å². The van der Waals surface area contributed by atoms with Crippen molar-refractivity contribution in [2.45, 2.75) is 13.0 Å². The van der Waals surface area contributed by atoms with Gasteiger partial charge >= 0.3 is 0 Å². The van der Waals surface area contributed by atoms with E-state index in [9.17, 15) is 0 Å². The SMILES string of the molecule is CN=C(NCc1cccc(N(C)C)n1)N1CCC(COC)C1. The van der Waals surface area contributed by atoms with Crippen LogP contribution in [0.3, 0.4) is 0 Å². The minimum absolute atomic E-state index is 0.596. The summed E-state index contributed by atoms with van der Waals surface area (Å²) >= 11 is 0. The Bertz CT molecular complexity index is 503. The third-order valence-corrected chi connectivity index (χ3v) is 3.88. The largest absolute Gasteiger partial charge is 0.384 e. The minimum Gasteiger partial charge on any atom is -0.384 e. The van der Waals surface area contributed by atoms with Crippen molar-refractivity contribution in [1.29, 1.82) is 0 Å². The minimum atomic E-state index is 0.596. The average Bonchev–Trinajstić information content (AvgIpc) is 2.97. The Morgan fingerprint density at radius 3 is 3.00 bits per heavy atom. The smallest absolute Gasteiger partial charge is 0.193 e. The molecule has 1 aromatic rings. The number of methoxy groups -OCH3 is 1. The highest BCUT2D eigenvalue weighted by molar-refractivity contribution is 5.80. The van der Waals surface area contributed by atoms with Crippen LogP contribution < -0.4 is 10.2 Å². The zero-order chi connectivity index (χ0) is 15.9. The maximum atomic E-state index is 5.25. The van der Waals surface area contributed by atoms with Crippen molar-refractivity contribution in [3.05, 3.63) is 23.9 Å². The van der Waals surface area contributed by atoms with Crippen molar-refractivity contribution in [2.75, 3.05) is 52.8 Å². The molecule has 1 N–H and O–H groups in total. The number of guanidine groups is 1. The Morgan fingerprint density at radius 1 is 1.50 bits per heavy atom. The lowest BCUT2D eigenvalue weighted by molar-refractivity contribution is 0.157. The van der Waals surface area contributed by atoms with E-state index < -0.39 is 0 Å². The molecule has 1 saturated heterocycles. The topological polar surface area (TPSA) is 53.0 Å². The van der Waals surface area contributed by atoms with Crippen LogP contribution in [-0.4, -0.2) is 63.8 Å². The summed E-state index contributed by atoms with van der Waals surface area (Å²) in [4.78, 5) is 13.3. The molecule has 0 aliphatic carbocycles. The summed E-state index contributed by atoms with van der Waals surface area (Å²) in [5.41, 5.74) is 1.01. The average molecular weight is 305 g/mol. The van der Waals surface area contributed by atoms with Gasteiger partial charge in [0.2, 0.25) is 0 Å². The maximum Gasteiger partial charge on any atom is 0.193 e. The molecule has 0 radical (unpaired) electrons. The normalized spacial score (nSPS) is 18.6. The van der Waals surface area contributed by atoms with Crippen LogP contribution in [0.4, 0.5) is 5.82 Å². The van der Waals surface area contributed by atoms with Crippen LogP contribution in [0.1, 0.15) is 12.1 Å². The molecule has 0 saturated carbocycles. The van der Waals surface area contributed by atoms with E-state index in [4.69, 9.17) is 4.74 Å². The van der Waals surface area contributed by atoms with E-state index in [0.29, 0.717) is 12.5 Å². The molecule has 2 heterocycles. The van der Waals surface area contributed by atoms with E-state index in [1.54, 1.807) is 7.11 Å². The lowest BCUT2D eigenvalue weighted by Crippen LogP contribution is -2.40. The number of ether oxygens (including phenoxy) is 1. The molecule has 1 aromatic heterocycles. The van der Waals surface area contributed by atoms with E-state index in [2.05, 4.69) is 20.2 Å². The van der Waals surface area contributed by atoms with Gasteiger partial charge in [-0.05, 0) is 18.6 Å². The lowest BCUT2D eigenvalue weighted by Gasteiger charge is -2.21. The Balaban J connectivity index is 1.91. The first-order valence-electron chi connectivity index (χ1n) is 7.71. The maximum absolute atomic E-state index is 5.25. The van der Waals surface area contributed by atoms with Gasteiger partial charge in [0.1, 0.15) is 5.82 Å². The number of aromatic nitrogens is 1. The summed E-state index contributed by atoms with van der Waals surface area (Å²) < 4.78 is 5.25. The second-order valence-corrected chi connectivity index (χ2v) is 5.84. The second kappa shape index (κ2) is 7.98. The molecule has 6 nitrogen and oxygen atoms in total. The fourth-order valence-corrected chi connectivity index (χ4v) is 2.71. The summed E-state index contributed by atoms with van der Waals surface area (Å²) in [6, 6.07) is 6.08. The van der Waals surface area contributed by atoms with Crippen molar-refractivity contribution < 1.29 is 4.74 Å². The molecule has 1 unspecified atom stereocenters. The van der Waals surface area contributed by atoms with Gasteiger partial charge in [-0.25, -0.2) is 4.98 Å². The molecule has 1 atom stereocenters. The van der Waals surface area contributed by atoms with Crippen LogP contribution in [0, 0.1) is 5.92 Å². The van der Waals surface area contributed by atoms with Gasteiger partial charge in [0.05, 0.1) is 18.8 Å². The number of pyridine rings is 1. The summed E-state index contributed by atoms with van der Waals surface area (Å²) in [6.07, 6.45) is 1.16. The van der Waals surface area contributed by atoms with Crippen molar-refractivity contribution in [3.63, 3.8) is 0 Å². The number of aliphatic imine (C=N–C) groups is 1. The molecule has 122 valence electrons. The van der Waals surface area contributed by atoms with Gasteiger partial charge in [-0.1, -0.05) is 6.07 Å².